The number of benzene rings is 3. The number of carbonyl (C=O) groups is 1. The number of sulfonamides is 1. The Hall–Kier alpha value is -3.43. The van der Waals surface area contributed by atoms with Crippen LogP contribution in [0, 0.1) is 5.82 Å². The maximum absolute atomic E-state index is 13.5. The lowest BCUT2D eigenvalue weighted by molar-refractivity contribution is -0.120. The van der Waals surface area contributed by atoms with Crippen molar-refractivity contribution < 1.29 is 27.1 Å². The molecule has 1 aliphatic rings. The molecule has 33 heavy (non-hydrogen) atoms. The number of fused-ring (bicyclic) bond motifs is 1. The maximum Gasteiger partial charge on any atom is 0.244 e. The summed E-state index contributed by atoms with van der Waals surface area (Å²) < 4.78 is 52.1. The van der Waals surface area contributed by atoms with Crippen molar-refractivity contribution in [3.05, 3.63) is 83.7 Å². The van der Waals surface area contributed by atoms with Crippen LogP contribution in [0.25, 0.3) is 0 Å². The number of anilines is 1. The molecule has 3 aromatic carbocycles. The summed E-state index contributed by atoms with van der Waals surface area (Å²) in [5.41, 5.74) is 2.06. The fourth-order valence-corrected chi connectivity index (χ4v) is 5.41. The van der Waals surface area contributed by atoms with E-state index >= 15 is 0 Å². The van der Waals surface area contributed by atoms with Crippen LogP contribution in [0.5, 0.6) is 11.5 Å². The van der Waals surface area contributed by atoms with E-state index < -0.39 is 27.8 Å². The number of amides is 1. The van der Waals surface area contributed by atoms with Crippen LogP contribution < -0.4 is 14.8 Å². The molecule has 7 nitrogen and oxygen atoms in total. The van der Waals surface area contributed by atoms with Crippen molar-refractivity contribution in [3.8, 4) is 11.5 Å². The van der Waals surface area contributed by atoms with E-state index in [-0.39, 0.29) is 17.9 Å². The minimum absolute atomic E-state index is 0.0171. The molecule has 0 fully saturated rings. The van der Waals surface area contributed by atoms with Crippen LogP contribution in [0.4, 0.5) is 10.1 Å². The zero-order valence-corrected chi connectivity index (χ0v) is 18.9. The molecule has 0 aliphatic carbocycles. The smallest absolute Gasteiger partial charge is 0.244 e. The molecule has 1 N–H and O–H groups in total. The molecule has 1 amide bonds. The van der Waals surface area contributed by atoms with Crippen LogP contribution in [0.3, 0.4) is 0 Å². The highest BCUT2D eigenvalue weighted by Crippen LogP contribution is 2.32. The number of hydrogen-bond donors (Lipinski definition) is 1. The maximum atomic E-state index is 13.5. The van der Waals surface area contributed by atoms with Gasteiger partial charge in [0.05, 0.1) is 24.8 Å². The number of carbonyl (C=O) groups excluding carboxylic acids is 1. The van der Waals surface area contributed by atoms with Crippen molar-refractivity contribution in [2.45, 2.75) is 23.9 Å². The van der Waals surface area contributed by atoms with Gasteiger partial charge in [-0.2, -0.15) is 4.31 Å². The summed E-state index contributed by atoms with van der Waals surface area (Å²) in [7, 11) is -1.11. The zero-order chi connectivity index (χ0) is 23.6. The Morgan fingerprint density at radius 3 is 2.36 bits per heavy atom. The van der Waals surface area contributed by atoms with E-state index in [0.717, 1.165) is 27.6 Å². The highest BCUT2D eigenvalue weighted by molar-refractivity contribution is 7.89. The van der Waals surface area contributed by atoms with Gasteiger partial charge in [-0.05, 0) is 53.9 Å². The molecule has 1 aliphatic heterocycles. The molecule has 0 saturated carbocycles. The molecule has 0 radical (unpaired) electrons. The van der Waals surface area contributed by atoms with Crippen LogP contribution in [0.1, 0.15) is 11.1 Å². The molecule has 172 valence electrons. The van der Waals surface area contributed by atoms with Gasteiger partial charge in [0.1, 0.15) is 23.4 Å². The van der Waals surface area contributed by atoms with E-state index in [9.17, 15) is 17.6 Å². The lowest BCUT2D eigenvalue weighted by atomic mass is 9.95. The Morgan fingerprint density at radius 1 is 1.00 bits per heavy atom. The van der Waals surface area contributed by atoms with Crippen LogP contribution in [-0.2, 0) is 27.8 Å². The number of nitrogens with zero attached hydrogens (tertiary/aromatic N) is 1. The van der Waals surface area contributed by atoms with Gasteiger partial charge in [0.15, 0.2) is 0 Å². The van der Waals surface area contributed by atoms with Gasteiger partial charge in [-0.1, -0.05) is 24.3 Å². The summed E-state index contributed by atoms with van der Waals surface area (Å²) in [5.74, 6) is -0.136. The van der Waals surface area contributed by atoms with E-state index in [1.54, 1.807) is 18.2 Å². The highest BCUT2D eigenvalue weighted by Gasteiger charge is 2.39. The molecule has 1 atom stereocenters. The lowest BCUT2D eigenvalue weighted by Crippen LogP contribution is -2.50. The Balaban J connectivity index is 1.72. The fourth-order valence-electron chi connectivity index (χ4n) is 3.84. The first-order valence-corrected chi connectivity index (χ1v) is 11.6. The summed E-state index contributed by atoms with van der Waals surface area (Å²) in [6, 6.07) is 15.9. The summed E-state index contributed by atoms with van der Waals surface area (Å²) >= 11 is 0. The second-order valence-electron chi connectivity index (χ2n) is 7.55. The number of nitrogens with one attached hydrogen (secondary N) is 1. The van der Waals surface area contributed by atoms with Crippen molar-refractivity contribution in [1.29, 1.82) is 0 Å². The lowest BCUT2D eigenvalue weighted by Gasteiger charge is -2.35. The van der Waals surface area contributed by atoms with E-state index in [1.807, 2.05) is 24.3 Å². The first kappa shape index (κ1) is 22.8. The van der Waals surface area contributed by atoms with Crippen molar-refractivity contribution >= 4 is 21.6 Å². The standard InChI is InChI=1S/C24H23FN2O5S/c1-31-19-9-12-23(32-2)21(14-19)26-24(28)22-13-16-5-3-4-6-17(16)15-27(22)33(29,30)20-10-7-18(25)8-11-20/h3-12,14,22H,13,15H2,1-2H3,(H,26,28). The Morgan fingerprint density at radius 2 is 1.70 bits per heavy atom. The van der Waals surface area contributed by atoms with Gasteiger partial charge in [0, 0.05) is 12.6 Å². The second kappa shape index (κ2) is 9.21. The SMILES string of the molecule is COc1ccc(OC)c(NC(=O)C2Cc3ccccc3CN2S(=O)(=O)c2ccc(F)cc2)c1. The molecular formula is C24H23FN2O5S. The van der Waals surface area contributed by atoms with Gasteiger partial charge < -0.3 is 14.8 Å². The average molecular weight is 471 g/mol. The molecule has 3 aromatic rings. The van der Waals surface area contributed by atoms with Crippen molar-refractivity contribution in [2.24, 2.45) is 0 Å². The van der Waals surface area contributed by atoms with E-state index in [0.29, 0.717) is 17.2 Å². The van der Waals surface area contributed by atoms with E-state index in [4.69, 9.17) is 9.47 Å². The molecule has 0 spiro atoms. The zero-order valence-electron chi connectivity index (χ0n) is 18.1. The molecule has 0 aromatic heterocycles. The first-order valence-electron chi connectivity index (χ1n) is 10.2. The van der Waals surface area contributed by atoms with Gasteiger partial charge >= 0.3 is 0 Å². The number of hydrogen-bond acceptors (Lipinski definition) is 5. The topological polar surface area (TPSA) is 84.9 Å². The minimum atomic E-state index is -4.09. The predicted molar refractivity (Wildman–Crippen MR) is 121 cm³/mol. The highest BCUT2D eigenvalue weighted by atomic mass is 32.2. The van der Waals surface area contributed by atoms with Crippen LogP contribution in [0.2, 0.25) is 0 Å². The molecule has 1 heterocycles. The number of halogens is 1. The number of ether oxygens (including phenoxy) is 2. The normalized spacial score (nSPS) is 16.0. The average Bonchev–Trinajstić information content (AvgIpc) is 2.83. The Bertz CT molecular complexity index is 1280. The fraction of sp³-hybridized carbons (Fsp3) is 0.208. The van der Waals surface area contributed by atoms with E-state index in [1.165, 1.54) is 26.4 Å². The van der Waals surface area contributed by atoms with Crippen LogP contribution in [0.15, 0.2) is 71.6 Å². The minimum Gasteiger partial charge on any atom is -0.497 e. The molecule has 9 heteroatoms. The Labute approximate surface area is 191 Å². The van der Waals surface area contributed by atoms with Crippen LogP contribution in [-0.4, -0.2) is 38.9 Å². The van der Waals surface area contributed by atoms with Gasteiger partial charge in [0.25, 0.3) is 0 Å². The molecule has 0 bridgehead atoms. The molecule has 4 rings (SSSR count). The third kappa shape index (κ3) is 4.55. The second-order valence-corrected chi connectivity index (χ2v) is 9.44. The quantitative estimate of drug-likeness (QED) is 0.595. The molecule has 1 unspecified atom stereocenters. The summed E-state index contributed by atoms with van der Waals surface area (Å²) in [6.45, 7) is 0.0171. The van der Waals surface area contributed by atoms with Crippen molar-refractivity contribution in [2.75, 3.05) is 19.5 Å². The van der Waals surface area contributed by atoms with Gasteiger partial charge in [0.2, 0.25) is 15.9 Å². The van der Waals surface area contributed by atoms with Crippen LogP contribution >= 0.6 is 0 Å². The monoisotopic (exact) mass is 470 g/mol. The summed E-state index contributed by atoms with van der Waals surface area (Å²) in [5, 5.41) is 2.79. The number of rotatable bonds is 6. The van der Waals surface area contributed by atoms with Gasteiger partial charge in [-0.25, -0.2) is 12.8 Å². The van der Waals surface area contributed by atoms with Crippen molar-refractivity contribution in [3.63, 3.8) is 0 Å². The first-order chi connectivity index (χ1) is 15.8. The van der Waals surface area contributed by atoms with Gasteiger partial charge in [-0.3, -0.25) is 4.79 Å². The number of methoxy groups -OCH3 is 2. The van der Waals surface area contributed by atoms with E-state index in [2.05, 4.69) is 5.32 Å². The van der Waals surface area contributed by atoms with Gasteiger partial charge in [-0.15, -0.1) is 0 Å². The third-order valence-corrected chi connectivity index (χ3v) is 7.46. The molecule has 0 saturated heterocycles. The molecular weight excluding hydrogens is 447 g/mol. The largest absolute Gasteiger partial charge is 0.497 e. The summed E-state index contributed by atoms with van der Waals surface area (Å²) in [4.78, 5) is 13.3. The third-order valence-electron chi connectivity index (χ3n) is 5.59. The predicted octanol–water partition coefficient (Wildman–Crippen LogP) is 3.60. The summed E-state index contributed by atoms with van der Waals surface area (Å²) in [6.07, 6.45) is 0.189. The Kier molecular flexibility index (Phi) is 6.35. The van der Waals surface area contributed by atoms with Crippen molar-refractivity contribution in [1.82, 2.24) is 4.31 Å².